The monoisotopic (exact) mass is 445 g/mol. The van der Waals surface area contributed by atoms with Crippen molar-refractivity contribution < 1.29 is 23.8 Å². The number of hydrogen-bond donors (Lipinski definition) is 1. The molecule has 170 valence electrons. The number of rotatable bonds is 12. The lowest BCUT2D eigenvalue weighted by Gasteiger charge is -2.37. The van der Waals surface area contributed by atoms with Gasteiger partial charge in [-0.25, -0.2) is 0 Å². The molecule has 1 saturated carbocycles. The van der Waals surface area contributed by atoms with Crippen LogP contribution < -0.4 is 5.32 Å². The number of carbonyl (C=O) groups is 2. The summed E-state index contributed by atoms with van der Waals surface area (Å²) < 4.78 is 16.8. The number of hydrogen-bond acceptors (Lipinski definition) is 6. The van der Waals surface area contributed by atoms with Gasteiger partial charge in [0, 0.05) is 16.8 Å². The van der Waals surface area contributed by atoms with E-state index in [-0.39, 0.29) is 25.4 Å². The smallest absolute Gasteiger partial charge is 0.293 e. The Morgan fingerprint density at radius 2 is 1.73 bits per heavy atom. The molecular weight excluding hydrogens is 418 g/mol. The quantitative estimate of drug-likeness (QED) is 0.394. The molecule has 1 N–H and O–H groups in total. The number of anilines is 1. The summed E-state index contributed by atoms with van der Waals surface area (Å²) in [7, 11) is 0. The number of carbonyl (C=O) groups excluding carboxylic acids is 2. The predicted molar refractivity (Wildman–Crippen MR) is 124 cm³/mol. The van der Waals surface area contributed by atoms with Crippen molar-refractivity contribution in [3.8, 4) is 0 Å². The van der Waals surface area contributed by atoms with E-state index < -0.39 is 5.60 Å². The SMILES string of the molecule is O=COCC1=C(COC=O)C2(C(Cc3ccc(C4CC4)cc3)Nc3ccccc3)C=CC1O2. The van der Waals surface area contributed by atoms with E-state index >= 15 is 0 Å². The Morgan fingerprint density at radius 1 is 1.00 bits per heavy atom. The maximum absolute atomic E-state index is 11.0. The molecule has 1 aliphatic carbocycles. The minimum absolute atomic E-state index is 0.0788. The fraction of sp³-hybridized carbons (Fsp3) is 0.333. The highest BCUT2D eigenvalue weighted by Crippen LogP contribution is 2.47. The Bertz CT molecular complexity index is 1060. The van der Waals surface area contributed by atoms with Crippen LogP contribution in [0.3, 0.4) is 0 Å². The fourth-order valence-corrected chi connectivity index (χ4v) is 4.95. The van der Waals surface area contributed by atoms with E-state index in [1.54, 1.807) is 0 Å². The zero-order valence-corrected chi connectivity index (χ0v) is 18.3. The van der Waals surface area contributed by atoms with Crippen molar-refractivity contribution in [2.24, 2.45) is 0 Å². The number of para-hydroxylation sites is 1. The first-order valence-corrected chi connectivity index (χ1v) is 11.3. The molecule has 2 aliphatic heterocycles. The molecule has 3 unspecified atom stereocenters. The normalized spacial score (nSPS) is 23.9. The number of fused-ring (bicyclic) bond motifs is 2. The van der Waals surface area contributed by atoms with E-state index in [0.717, 1.165) is 16.8 Å². The Morgan fingerprint density at radius 3 is 2.42 bits per heavy atom. The average Bonchev–Trinajstić information content (AvgIpc) is 3.54. The van der Waals surface area contributed by atoms with Gasteiger partial charge in [-0.15, -0.1) is 0 Å². The summed E-state index contributed by atoms with van der Waals surface area (Å²) in [5.41, 5.74) is 4.40. The molecule has 0 aromatic heterocycles. The second-order valence-corrected chi connectivity index (χ2v) is 8.79. The molecule has 0 saturated heterocycles. The van der Waals surface area contributed by atoms with Gasteiger partial charge in [-0.1, -0.05) is 48.5 Å². The van der Waals surface area contributed by atoms with Crippen LogP contribution in [0.2, 0.25) is 0 Å². The third-order valence-corrected chi connectivity index (χ3v) is 6.75. The Kier molecular flexibility index (Phi) is 6.01. The molecule has 3 aliphatic rings. The van der Waals surface area contributed by atoms with Crippen LogP contribution in [0.4, 0.5) is 5.69 Å². The highest BCUT2D eigenvalue weighted by atomic mass is 16.5. The molecule has 2 aromatic rings. The molecular formula is C27H27NO5. The van der Waals surface area contributed by atoms with Gasteiger partial charge in [-0.3, -0.25) is 9.59 Å². The van der Waals surface area contributed by atoms with E-state index in [1.807, 2.05) is 42.5 Å². The molecule has 2 bridgehead atoms. The van der Waals surface area contributed by atoms with Crippen molar-refractivity contribution in [3.63, 3.8) is 0 Å². The van der Waals surface area contributed by atoms with E-state index in [9.17, 15) is 9.59 Å². The standard InChI is InChI=1S/C27H27NO5/c29-17-31-15-23-24(16-32-18-30)27(13-12-25(23)33-27)26(28-22-4-2-1-3-5-22)14-19-6-8-20(9-7-19)21-10-11-21/h1-9,12-13,17-18,21,25-26,28H,10-11,14-16H2. The van der Waals surface area contributed by atoms with E-state index in [1.165, 1.54) is 24.0 Å². The first-order chi connectivity index (χ1) is 16.2. The van der Waals surface area contributed by atoms with Gasteiger partial charge in [0.05, 0.1) is 6.04 Å². The van der Waals surface area contributed by atoms with Crippen LogP contribution in [0, 0.1) is 0 Å². The van der Waals surface area contributed by atoms with Gasteiger partial charge in [-0.05, 0) is 54.5 Å². The zero-order chi connectivity index (χ0) is 22.7. The van der Waals surface area contributed by atoms with Crippen LogP contribution in [0.25, 0.3) is 0 Å². The lowest BCUT2D eigenvalue weighted by molar-refractivity contribution is -0.129. The summed E-state index contributed by atoms with van der Waals surface area (Å²) in [6.07, 6.45) is 6.97. The molecule has 2 heterocycles. The fourth-order valence-electron chi connectivity index (χ4n) is 4.95. The van der Waals surface area contributed by atoms with E-state index in [0.29, 0.717) is 25.3 Å². The Labute approximate surface area is 193 Å². The van der Waals surface area contributed by atoms with Crippen molar-refractivity contribution in [2.75, 3.05) is 18.5 Å². The average molecular weight is 446 g/mol. The van der Waals surface area contributed by atoms with Gasteiger partial charge in [0.25, 0.3) is 12.9 Å². The van der Waals surface area contributed by atoms with Gasteiger partial charge in [0.15, 0.2) is 0 Å². The lowest BCUT2D eigenvalue weighted by atomic mass is 9.79. The van der Waals surface area contributed by atoms with Crippen molar-refractivity contribution >= 4 is 18.6 Å². The third kappa shape index (κ3) is 4.31. The summed E-state index contributed by atoms with van der Waals surface area (Å²) in [4.78, 5) is 21.9. The van der Waals surface area contributed by atoms with Crippen LogP contribution in [-0.4, -0.2) is 43.9 Å². The summed E-state index contributed by atoms with van der Waals surface area (Å²) in [6, 6.07) is 18.6. The molecule has 6 nitrogen and oxygen atoms in total. The van der Waals surface area contributed by atoms with Crippen LogP contribution in [0.15, 0.2) is 77.9 Å². The number of ether oxygens (including phenoxy) is 3. The summed E-state index contributed by atoms with van der Waals surface area (Å²) >= 11 is 0. The number of nitrogens with one attached hydrogen (secondary N) is 1. The van der Waals surface area contributed by atoms with Crippen molar-refractivity contribution in [1.29, 1.82) is 0 Å². The van der Waals surface area contributed by atoms with Crippen molar-refractivity contribution in [3.05, 3.63) is 89.0 Å². The molecule has 0 amide bonds. The highest BCUT2D eigenvalue weighted by molar-refractivity contribution is 5.54. The van der Waals surface area contributed by atoms with E-state index in [2.05, 4.69) is 29.6 Å². The maximum atomic E-state index is 11.0. The predicted octanol–water partition coefficient (Wildman–Crippen LogP) is 3.94. The first-order valence-electron chi connectivity index (χ1n) is 11.3. The third-order valence-electron chi connectivity index (χ3n) is 6.75. The van der Waals surface area contributed by atoms with Gasteiger partial charge in [0.2, 0.25) is 0 Å². The van der Waals surface area contributed by atoms with Crippen molar-refractivity contribution in [1.82, 2.24) is 0 Å². The van der Waals surface area contributed by atoms with Crippen molar-refractivity contribution in [2.45, 2.75) is 42.9 Å². The number of benzene rings is 2. The summed E-state index contributed by atoms with van der Waals surface area (Å²) in [6.45, 7) is 1.04. The molecule has 3 atom stereocenters. The van der Waals surface area contributed by atoms with Gasteiger partial charge in [0.1, 0.15) is 24.9 Å². The summed E-state index contributed by atoms with van der Waals surface area (Å²) in [5, 5.41) is 3.66. The lowest BCUT2D eigenvalue weighted by Crippen LogP contribution is -2.48. The van der Waals surface area contributed by atoms with Crippen LogP contribution in [-0.2, 0) is 30.2 Å². The first kappa shape index (κ1) is 21.5. The summed E-state index contributed by atoms with van der Waals surface area (Å²) in [5.74, 6) is 0.711. The minimum atomic E-state index is -0.819. The van der Waals surface area contributed by atoms with E-state index in [4.69, 9.17) is 14.2 Å². The highest BCUT2D eigenvalue weighted by Gasteiger charge is 2.53. The maximum Gasteiger partial charge on any atom is 0.293 e. The largest absolute Gasteiger partial charge is 0.463 e. The molecule has 1 fully saturated rings. The zero-order valence-electron chi connectivity index (χ0n) is 18.3. The van der Waals surface area contributed by atoms with Gasteiger partial charge >= 0.3 is 0 Å². The Hall–Kier alpha value is -3.38. The second-order valence-electron chi connectivity index (χ2n) is 8.79. The van der Waals surface area contributed by atoms with Gasteiger partial charge < -0.3 is 19.5 Å². The van der Waals surface area contributed by atoms with Crippen LogP contribution in [0.1, 0.15) is 29.9 Å². The molecule has 6 heteroatoms. The van der Waals surface area contributed by atoms with Crippen LogP contribution >= 0.6 is 0 Å². The molecule has 0 spiro atoms. The molecule has 0 radical (unpaired) electrons. The Balaban J connectivity index is 1.49. The van der Waals surface area contributed by atoms with Gasteiger partial charge in [-0.2, -0.15) is 0 Å². The molecule has 33 heavy (non-hydrogen) atoms. The second kappa shape index (κ2) is 9.24. The molecule has 2 aromatic carbocycles. The van der Waals surface area contributed by atoms with Crippen LogP contribution in [0.5, 0.6) is 0 Å². The molecule has 5 rings (SSSR count). The minimum Gasteiger partial charge on any atom is -0.463 e. The topological polar surface area (TPSA) is 73.9 Å².